The van der Waals surface area contributed by atoms with Crippen molar-refractivity contribution in [2.45, 2.75) is 12.5 Å². The fourth-order valence-corrected chi connectivity index (χ4v) is 1.54. The quantitative estimate of drug-likeness (QED) is 0.736. The molecule has 0 bridgehead atoms. The largest absolute Gasteiger partial charge is 0.508 e. The van der Waals surface area contributed by atoms with Crippen LogP contribution >= 0.6 is 11.6 Å². The average molecular weight is 245 g/mol. The van der Waals surface area contributed by atoms with E-state index >= 15 is 0 Å². The number of hydrogen-bond acceptors (Lipinski definition) is 4. The number of aromatic hydroxyl groups is 1. The summed E-state index contributed by atoms with van der Waals surface area (Å²) < 4.78 is 4.78. The van der Waals surface area contributed by atoms with Gasteiger partial charge in [-0.1, -0.05) is 17.7 Å². The fourth-order valence-electron chi connectivity index (χ4n) is 1.28. The van der Waals surface area contributed by atoms with E-state index in [0.717, 1.165) is 5.56 Å². The summed E-state index contributed by atoms with van der Waals surface area (Å²) in [6.07, 6.45) is -1.02. The van der Waals surface area contributed by atoms with Gasteiger partial charge in [0.2, 0.25) is 0 Å². The topological polar surface area (TPSA) is 98.6 Å². The Hall–Kier alpha value is -1.46. The first-order chi connectivity index (χ1) is 7.52. The maximum Gasteiger partial charge on any atom is 0.404 e. The first-order valence-electron chi connectivity index (χ1n) is 4.66. The molecule has 0 aliphatic heterocycles. The molecule has 16 heavy (non-hydrogen) atoms. The van der Waals surface area contributed by atoms with Crippen LogP contribution in [0.3, 0.4) is 0 Å². The molecule has 0 fully saturated rings. The van der Waals surface area contributed by atoms with E-state index in [9.17, 15) is 4.79 Å². The zero-order valence-electron chi connectivity index (χ0n) is 8.52. The van der Waals surface area contributed by atoms with Crippen molar-refractivity contribution in [3.63, 3.8) is 0 Å². The SMILES string of the molecule is NC[C@H](Cc1ccc(O)cc1Cl)OC(N)=O. The van der Waals surface area contributed by atoms with Gasteiger partial charge in [0.25, 0.3) is 0 Å². The third kappa shape index (κ3) is 3.60. The van der Waals surface area contributed by atoms with Crippen molar-refractivity contribution in [1.29, 1.82) is 0 Å². The molecule has 5 N–H and O–H groups in total. The van der Waals surface area contributed by atoms with E-state index in [-0.39, 0.29) is 12.3 Å². The normalized spacial score (nSPS) is 12.1. The van der Waals surface area contributed by atoms with Gasteiger partial charge in [-0.2, -0.15) is 0 Å². The second-order valence-corrected chi connectivity index (χ2v) is 3.68. The van der Waals surface area contributed by atoms with Crippen LogP contribution in [0.15, 0.2) is 18.2 Å². The summed E-state index contributed by atoms with van der Waals surface area (Å²) in [4.78, 5) is 10.6. The van der Waals surface area contributed by atoms with Gasteiger partial charge in [0.1, 0.15) is 11.9 Å². The lowest BCUT2D eigenvalue weighted by Gasteiger charge is -2.15. The minimum absolute atomic E-state index is 0.0777. The summed E-state index contributed by atoms with van der Waals surface area (Å²) in [5.41, 5.74) is 11.1. The standard InChI is InChI=1S/C10H13ClN2O3/c11-9-4-7(14)2-1-6(9)3-8(5-12)16-10(13)15/h1-2,4,8,14H,3,5,12H2,(H2,13,15)/t8-/m0/s1. The van der Waals surface area contributed by atoms with E-state index in [1.165, 1.54) is 12.1 Å². The summed E-state index contributed by atoms with van der Waals surface area (Å²) in [6.45, 7) is 0.153. The number of ether oxygens (including phenoxy) is 1. The fraction of sp³-hybridized carbons (Fsp3) is 0.300. The number of amides is 1. The number of phenols is 1. The molecule has 1 rings (SSSR count). The van der Waals surface area contributed by atoms with Crippen LogP contribution in [-0.2, 0) is 11.2 Å². The van der Waals surface area contributed by atoms with Gasteiger partial charge >= 0.3 is 6.09 Å². The van der Waals surface area contributed by atoms with Crippen molar-refractivity contribution in [3.8, 4) is 5.75 Å². The number of benzene rings is 1. The van der Waals surface area contributed by atoms with Gasteiger partial charge in [-0.05, 0) is 17.7 Å². The number of halogens is 1. The van der Waals surface area contributed by atoms with Crippen molar-refractivity contribution < 1.29 is 14.6 Å². The minimum atomic E-state index is -0.870. The first-order valence-corrected chi connectivity index (χ1v) is 5.04. The Labute approximate surface area is 97.9 Å². The molecule has 1 aromatic rings. The Morgan fingerprint density at radius 3 is 2.75 bits per heavy atom. The van der Waals surface area contributed by atoms with Gasteiger partial charge in [0.15, 0.2) is 0 Å². The molecule has 0 aliphatic rings. The molecule has 88 valence electrons. The molecule has 0 spiro atoms. The number of carbonyl (C=O) groups excluding carboxylic acids is 1. The molecule has 6 heteroatoms. The molecule has 0 aliphatic carbocycles. The van der Waals surface area contributed by atoms with Gasteiger partial charge < -0.3 is 21.3 Å². The third-order valence-corrected chi connectivity index (χ3v) is 2.38. The van der Waals surface area contributed by atoms with Crippen LogP contribution < -0.4 is 11.5 Å². The molecular formula is C10H13ClN2O3. The van der Waals surface area contributed by atoms with Crippen LogP contribution in [0.25, 0.3) is 0 Å². The van der Waals surface area contributed by atoms with Crippen LogP contribution in [0.4, 0.5) is 4.79 Å². The lowest BCUT2D eigenvalue weighted by atomic mass is 10.1. The zero-order valence-corrected chi connectivity index (χ0v) is 9.28. The maximum absolute atomic E-state index is 10.6. The van der Waals surface area contributed by atoms with Crippen molar-refractivity contribution in [1.82, 2.24) is 0 Å². The minimum Gasteiger partial charge on any atom is -0.508 e. The zero-order chi connectivity index (χ0) is 12.1. The average Bonchev–Trinajstić information content (AvgIpc) is 2.20. The summed E-state index contributed by atoms with van der Waals surface area (Å²) in [7, 11) is 0. The van der Waals surface area contributed by atoms with E-state index < -0.39 is 12.2 Å². The lowest BCUT2D eigenvalue weighted by molar-refractivity contribution is 0.111. The highest BCUT2D eigenvalue weighted by Gasteiger charge is 2.13. The van der Waals surface area contributed by atoms with Gasteiger partial charge in [-0.25, -0.2) is 4.79 Å². The third-order valence-electron chi connectivity index (χ3n) is 2.03. The predicted octanol–water partition coefficient (Wildman–Crippen LogP) is 1.01. The molecule has 1 atom stereocenters. The van der Waals surface area contributed by atoms with Crippen LogP contribution in [-0.4, -0.2) is 23.8 Å². The molecule has 0 heterocycles. The second-order valence-electron chi connectivity index (χ2n) is 3.27. The molecule has 0 saturated heterocycles. The summed E-state index contributed by atoms with van der Waals surface area (Å²) >= 11 is 5.89. The van der Waals surface area contributed by atoms with Crippen molar-refractivity contribution in [2.24, 2.45) is 11.5 Å². The molecule has 0 radical (unpaired) electrons. The highest BCUT2D eigenvalue weighted by Crippen LogP contribution is 2.23. The molecule has 0 aromatic heterocycles. The number of nitrogens with two attached hydrogens (primary N) is 2. The Balaban J connectivity index is 2.73. The van der Waals surface area contributed by atoms with E-state index in [1.807, 2.05) is 0 Å². The van der Waals surface area contributed by atoms with Crippen LogP contribution in [0.1, 0.15) is 5.56 Å². The highest BCUT2D eigenvalue weighted by molar-refractivity contribution is 6.31. The van der Waals surface area contributed by atoms with Crippen molar-refractivity contribution in [3.05, 3.63) is 28.8 Å². The van der Waals surface area contributed by atoms with Gasteiger partial charge in [-0.3, -0.25) is 0 Å². The molecule has 5 nitrogen and oxygen atoms in total. The number of phenolic OH excluding ortho intramolecular Hbond substituents is 1. The van der Waals surface area contributed by atoms with Gasteiger partial charge in [0.05, 0.1) is 0 Å². The monoisotopic (exact) mass is 244 g/mol. The Morgan fingerprint density at radius 2 is 2.25 bits per heavy atom. The van der Waals surface area contributed by atoms with Crippen LogP contribution in [0.5, 0.6) is 5.75 Å². The van der Waals surface area contributed by atoms with Crippen LogP contribution in [0.2, 0.25) is 5.02 Å². The number of primary amides is 1. The summed E-state index contributed by atoms with van der Waals surface area (Å²) in [6, 6.07) is 4.55. The van der Waals surface area contributed by atoms with Crippen LogP contribution in [0, 0.1) is 0 Å². The van der Waals surface area contributed by atoms with Crippen molar-refractivity contribution in [2.75, 3.05) is 6.54 Å². The summed E-state index contributed by atoms with van der Waals surface area (Å²) in [5.74, 6) is 0.0777. The van der Waals surface area contributed by atoms with E-state index in [4.69, 9.17) is 32.9 Å². The smallest absolute Gasteiger partial charge is 0.404 e. The first kappa shape index (κ1) is 12.6. The second kappa shape index (κ2) is 5.58. The van der Waals surface area contributed by atoms with Gasteiger partial charge in [-0.15, -0.1) is 0 Å². The molecule has 1 amide bonds. The molecule has 0 unspecified atom stereocenters. The highest BCUT2D eigenvalue weighted by atomic mass is 35.5. The Bertz CT molecular complexity index is 384. The van der Waals surface area contributed by atoms with E-state index in [0.29, 0.717) is 11.4 Å². The van der Waals surface area contributed by atoms with Gasteiger partial charge in [0, 0.05) is 18.0 Å². The van der Waals surface area contributed by atoms with E-state index in [1.54, 1.807) is 6.07 Å². The Morgan fingerprint density at radius 1 is 1.56 bits per heavy atom. The number of hydrogen-bond donors (Lipinski definition) is 3. The molecule has 1 aromatic carbocycles. The maximum atomic E-state index is 10.6. The predicted molar refractivity (Wildman–Crippen MR) is 60.3 cm³/mol. The van der Waals surface area contributed by atoms with Crippen molar-refractivity contribution >= 4 is 17.7 Å². The van der Waals surface area contributed by atoms with E-state index in [2.05, 4.69) is 0 Å². The number of rotatable bonds is 4. The molecular weight excluding hydrogens is 232 g/mol. The summed E-state index contributed by atoms with van der Waals surface area (Å²) in [5, 5.41) is 9.55. The Kier molecular flexibility index (Phi) is 4.39. The molecule has 0 saturated carbocycles. The number of carbonyl (C=O) groups is 1. The lowest BCUT2D eigenvalue weighted by Crippen LogP contribution is -2.31.